The number of nitrogens with zero attached hydrogens (tertiary/aromatic N) is 1. The van der Waals surface area contributed by atoms with Crippen molar-refractivity contribution in [3.05, 3.63) is 34.1 Å². The van der Waals surface area contributed by atoms with Crippen molar-refractivity contribution in [1.82, 2.24) is 4.90 Å². The van der Waals surface area contributed by atoms with Crippen molar-refractivity contribution in [2.75, 3.05) is 6.54 Å². The van der Waals surface area contributed by atoms with Gasteiger partial charge < -0.3 is 9.64 Å². The van der Waals surface area contributed by atoms with Crippen LogP contribution in [0.4, 0.5) is 9.18 Å². The van der Waals surface area contributed by atoms with Gasteiger partial charge in [0.25, 0.3) is 0 Å². The first-order valence-electron chi connectivity index (χ1n) is 6.72. The van der Waals surface area contributed by atoms with Gasteiger partial charge in [0, 0.05) is 11.0 Å². The lowest BCUT2D eigenvalue weighted by Crippen LogP contribution is -2.36. The second-order valence-electron chi connectivity index (χ2n) is 6.00. The number of hydrogen-bond acceptors (Lipinski definition) is 2. The zero-order valence-corrected chi connectivity index (χ0v) is 13.5. The predicted molar refractivity (Wildman–Crippen MR) is 79.0 cm³/mol. The number of halogens is 2. The summed E-state index contributed by atoms with van der Waals surface area (Å²) in [4.78, 5) is 13.9. The van der Waals surface area contributed by atoms with Gasteiger partial charge >= 0.3 is 6.09 Å². The average Bonchev–Trinajstić information content (AvgIpc) is 2.79. The van der Waals surface area contributed by atoms with Gasteiger partial charge in [0.15, 0.2) is 0 Å². The van der Waals surface area contributed by atoms with E-state index in [1.807, 2.05) is 20.8 Å². The molecule has 0 N–H and O–H groups in total. The molecule has 0 radical (unpaired) electrons. The van der Waals surface area contributed by atoms with Crippen LogP contribution in [0.2, 0.25) is 0 Å². The standard InChI is InChI=1S/C15H19BrFNO2/c1-15(2,3)20-14(19)18-8-4-5-13(18)11-9-10(17)6-7-12(11)16/h6-7,9,13H,4-5,8H2,1-3H3/t13-/m0/s1. The maximum Gasteiger partial charge on any atom is 0.410 e. The number of carbonyl (C=O) groups is 1. The van der Waals surface area contributed by atoms with Crippen LogP contribution >= 0.6 is 15.9 Å². The molecule has 2 rings (SSSR count). The van der Waals surface area contributed by atoms with Gasteiger partial charge in [0.2, 0.25) is 0 Å². The molecule has 0 bridgehead atoms. The highest BCUT2D eigenvalue weighted by Gasteiger charge is 2.34. The minimum absolute atomic E-state index is 0.130. The van der Waals surface area contributed by atoms with E-state index in [4.69, 9.17) is 4.74 Å². The molecule has 1 aromatic carbocycles. The van der Waals surface area contributed by atoms with E-state index in [2.05, 4.69) is 15.9 Å². The molecule has 110 valence electrons. The molecular formula is C15H19BrFNO2. The molecule has 20 heavy (non-hydrogen) atoms. The zero-order valence-electron chi connectivity index (χ0n) is 12.0. The fraction of sp³-hybridized carbons (Fsp3) is 0.533. The number of carbonyl (C=O) groups excluding carboxylic acids is 1. The Morgan fingerprint density at radius 3 is 2.80 bits per heavy atom. The lowest BCUT2D eigenvalue weighted by Gasteiger charge is -2.29. The Morgan fingerprint density at radius 2 is 2.15 bits per heavy atom. The minimum atomic E-state index is -0.524. The van der Waals surface area contributed by atoms with Gasteiger partial charge in [0.05, 0.1) is 6.04 Å². The third-order valence-corrected chi connectivity index (χ3v) is 3.92. The Balaban J connectivity index is 2.23. The van der Waals surface area contributed by atoms with Gasteiger partial charge in [-0.3, -0.25) is 0 Å². The molecule has 0 spiro atoms. The van der Waals surface area contributed by atoms with Crippen molar-refractivity contribution in [2.45, 2.75) is 45.3 Å². The first-order chi connectivity index (χ1) is 9.28. The summed E-state index contributed by atoms with van der Waals surface area (Å²) in [6.45, 7) is 6.17. The lowest BCUT2D eigenvalue weighted by molar-refractivity contribution is 0.0224. The molecule has 1 amide bonds. The molecule has 1 aliphatic rings. The van der Waals surface area contributed by atoms with Crippen LogP contribution in [0.3, 0.4) is 0 Å². The van der Waals surface area contributed by atoms with Gasteiger partial charge in [-0.1, -0.05) is 15.9 Å². The van der Waals surface area contributed by atoms with Crippen molar-refractivity contribution in [1.29, 1.82) is 0 Å². The van der Waals surface area contributed by atoms with Crippen molar-refractivity contribution >= 4 is 22.0 Å². The number of amides is 1. The quantitative estimate of drug-likeness (QED) is 0.742. The highest BCUT2D eigenvalue weighted by molar-refractivity contribution is 9.10. The monoisotopic (exact) mass is 343 g/mol. The number of hydrogen-bond donors (Lipinski definition) is 0. The van der Waals surface area contributed by atoms with E-state index < -0.39 is 5.60 Å². The van der Waals surface area contributed by atoms with E-state index >= 15 is 0 Å². The molecule has 0 unspecified atom stereocenters. The topological polar surface area (TPSA) is 29.5 Å². The summed E-state index contributed by atoms with van der Waals surface area (Å²) in [5.74, 6) is -0.292. The van der Waals surface area contributed by atoms with Gasteiger partial charge in [-0.2, -0.15) is 0 Å². The third-order valence-electron chi connectivity index (χ3n) is 3.20. The molecule has 1 saturated heterocycles. The Labute approximate surface area is 127 Å². The first kappa shape index (κ1) is 15.3. The van der Waals surface area contributed by atoms with E-state index in [0.717, 1.165) is 22.9 Å². The Bertz CT molecular complexity index is 513. The molecule has 3 nitrogen and oxygen atoms in total. The van der Waals surface area contributed by atoms with Gasteiger partial charge in [-0.25, -0.2) is 9.18 Å². The maximum atomic E-state index is 13.4. The Morgan fingerprint density at radius 1 is 1.45 bits per heavy atom. The van der Waals surface area contributed by atoms with Crippen LogP contribution in [-0.4, -0.2) is 23.1 Å². The summed E-state index contributed by atoms with van der Waals surface area (Å²) < 4.78 is 19.7. The summed E-state index contributed by atoms with van der Waals surface area (Å²) in [5, 5.41) is 0. The molecule has 1 heterocycles. The highest BCUT2D eigenvalue weighted by atomic mass is 79.9. The van der Waals surface area contributed by atoms with Crippen LogP contribution in [0.25, 0.3) is 0 Å². The van der Waals surface area contributed by atoms with Crippen LogP contribution in [0.1, 0.15) is 45.2 Å². The van der Waals surface area contributed by atoms with Gasteiger partial charge in [-0.15, -0.1) is 0 Å². The highest BCUT2D eigenvalue weighted by Crippen LogP contribution is 2.37. The molecular weight excluding hydrogens is 325 g/mol. The number of ether oxygens (including phenoxy) is 1. The van der Waals surface area contributed by atoms with Crippen LogP contribution in [0.5, 0.6) is 0 Å². The molecule has 1 atom stereocenters. The van der Waals surface area contributed by atoms with E-state index in [9.17, 15) is 9.18 Å². The number of benzene rings is 1. The molecule has 1 fully saturated rings. The molecule has 0 aliphatic carbocycles. The van der Waals surface area contributed by atoms with E-state index in [1.165, 1.54) is 12.1 Å². The van der Waals surface area contributed by atoms with Crippen molar-refractivity contribution < 1.29 is 13.9 Å². The summed E-state index contributed by atoms with van der Waals surface area (Å²) in [5.41, 5.74) is 0.275. The maximum absolute atomic E-state index is 13.4. The molecule has 1 aromatic rings. The largest absolute Gasteiger partial charge is 0.444 e. The smallest absolute Gasteiger partial charge is 0.410 e. The fourth-order valence-electron chi connectivity index (χ4n) is 2.40. The lowest BCUT2D eigenvalue weighted by atomic mass is 10.0. The van der Waals surface area contributed by atoms with Gasteiger partial charge in [0.1, 0.15) is 11.4 Å². The number of likely N-dealkylation sites (tertiary alicyclic amines) is 1. The van der Waals surface area contributed by atoms with Crippen LogP contribution in [0, 0.1) is 5.82 Å². The summed E-state index contributed by atoms with van der Waals surface area (Å²) in [6.07, 6.45) is 1.38. The fourth-order valence-corrected chi connectivity index (χ4v) is 2.91. The third kappa shape index (κ3) is 3.51. The SMILES string of the molecule is CC(C)(C)OC(=O)N1CCC[C@H]1c1cc(F)ccc1Br. The second kappa shape index (κ2) is 5.72. The molecule has 0 aromatic heterocycles. The Hall–Kier alpha value is -1.10. The van der Waals surface area contributed by atoms with Crippen molar-refractivity contribution in [3.8, 4) is 0 Å². The summed E-state index contributed by atoms with van der Waals surface area (Å²) in [6, 6.07) is 4.43. The van der Waals surface area contributed by atoms with Crippen LogP contribution in [0.15, 0.2) is 22.7 Å². The van der Waals surface area contributed by atoms with Crippen molar-refractivity contribution in [3.63, 3.8) is 0 Å². The molecule has 1 aliphatic heterocycles. The molecule has 5 heteroatoms. The molecule has 0 saturated carbocycles. The van der Waals surface area contributed by atoms with E-state index in [-0.39, 0.29) is 18.0 Å². The normalized spacial score (nSPS) is 19.2. The van der Waals surface area contributed by atoms with Crippen molar-refractivity contribution in [2.24, 2.45) is 0 Å². The van der Waals surface area contributed by atoms with Gasteiger partial charge in [-0.05, 0) is 57.4 Å². The average molecular weight is 344 g/mol. The summed E-state index contributed by atoms with van der Waals surface area (Å²) >= 11 is 3.43. The predicted octanol–water partition coefficient (Wildman–Crippen LogP) is 4.66. The zero-order chi connectivity index (χ0) is 14.9. The van der Waals surface area contributed by atoms with Crippen LogP contribution < -0.4 is 0 Å². The number of rotatable bonds is 1. The van der Waals surface area contributed by atoms with E-state index in [0.29, 0.717) is 6.54 Å². The Kier molecular flexibility index (Phi) is 4.37. The van der Waals surface area contributed by atoms with E-state index in [1.54, 1.807) is 11.0 Å². The summed E-state index contributed by atoms with van der Waals surface area (Å²) in [7, 11) is 0. The van der Waals surface area contributed by atoms with Crippen LogP contribution in [-0.2, 0) is 4.74 Å². The second-order valence-corrected chi connectivity index (χ2v) is 6.85. The minimum Gasteiger partial charge on any atom is -0.444 e. The first-order valence-corrected chi connectivity index (χ1v) is 7.52.